The minimum absolute atomic E-state index is 0.187. The van der Waals surface area contributed by atoms with Crippen molar-refractivity contribution in [2.24, 2.45) is 5.41 Å². The zero-order valence-electron chi connectivity index (χ0n) is 13.0. The van der Waals surface area contributed by atoms with Crippen molar-refractivity contribution in [3.63, 3.8) is 0 Å². The van der Waals surface area contributed by atoms with E-state index in [1.54, 1.807) is 6.07 Å². The molecule has 2 heterocycles. The van der Waals surface area contributed by atoms with E-state index in [0.717, 1.165) is 47.4 Å². The van der Waals surface area contributed by atoms with Crippen molar-refractivity contribution >= 4 is 23.2 Å². The second-order valence-electron chi connectivity index (χ2n) is 6.48. The van der Waals surface area contributed by atoms with E-state index in [0.29, 0.717) is 4.88 Å². The van der Waals surface area contributed by atoms with Gasteiger partial charge in [-0.15, -0.1) is 11.3 Å². The van der Waals surface area contributed by atoms with E-state index in [2.05, 4.69) is 0 Å². The number of thiophene rings is 1. The van der Waals surface area contributed by atoms with Gasteiger partial charge in [-0.1, -0.05) is 6.42 Å². The van der Waals surface area contributed by atoms with Crippen LogP contribution < -0.4 is 0 Å². The maximum atomic E-state index is 13.2. The lowest BCUT2D eigenvalue weighted by Gasteiger charge is -2.27. The van der Waals surface area contributed by atoms with Gasteiger partial charge in [0.25, 0.3) is 5.91 Å². The summed E-state index contributed by atoms with van der Waals surface area (Å²) in [4.78, 5) is 26.4. The Labute approximate surface area is 141 Å². The first-order valence-electron chi connectivity index (χ1n) is 7.95. The summed E-state index contributed by atoms with van der Waals surface area (Å²) in [7, 11) is 0. The number of carbonyl (C=O) groups excluding carboxylic acids is 1. The van der Waals surface area contributed by atoms with Gasteiger partial charge in [0.2, 0.25) is 0 Å². The minimum Gasteiger partial charge on any atom is -0.481 e. The predicted molar refractivity (Wildman–Crippen MR) is 82.2 cm³/mol. The molecule has 1 fully saturated rings. The predicted octanol–water partition coefficient (Wildman–Crippen LogP) is 3.50. The SMILES string of the molecule is O=C(c1cc2c(s1)CCCCC2)N1CCC(C(=O)O)(C(F)(F)F)C1. The molecule has 1 N–H and O–H groups in total. The topological polar surface area (TPSA) is 57.6 Å². The number of likely N-dealkylation sites (tertiary alicyclic amines) is 1. The first-order valence-corrected chi connectivity index (χ1v) is 8.77. The van der Waals surface area contributed by atoms with Crippen molar-refractivity contribution in [3.05, 3.63) is 21.4 Å². The maximum Gasteiger partial charge on any atom is 0.406 e. The third-order valence-electron chi connectivity index (χ3n) is 4.97. The zero-order valence-corrected chi connectivity index (χ0v) is 13.8. The molecular weight excluding hydrogens is 343 g/mol. The van der Waals surface area contributed by atoms with E-state index in [-0.39, 0.29) is 6.54 Å². The van der Waals surface area contributed by atoms with Crippen LogP contribution in [0.1, 0.15) is 45.8 Å². The summed E-state index contributed by atoms with van der Waals surface area (Å²) in [6.07, 6.45) is -0.430. The number of aliphatic carboxylic acids is 1. The molecule has 1 atom stereocenters. The molecule has 0 aromatic carbocycles. The molecule has 0 saturated carbocycles. The van der Waals surface area contributed by atoms with Crippen LogP contribution in [0.2, 0.25) is 0 Å². The average Bonchev–Trinajstić information content (AvgIpc) is 3.07. The largest absolute Gasteiger partial charge is 0.481 e. The van der Waals surface area contributed by atoms with Crippen LogP contribution >= 0.6 is 11.3 Å². The van der Waals surface area contributed by atoms with Crippen LogP contribution in [-0.4, -0.2) is 41.1 Å². The number of amides is 1. The fourth-order valence-electron chi connectivity index (χ4n) is 3.44. The molecule has 1 saturated heterocycles. The van der Waals surface area contributed by atoms with Gasteiger partial charge in [0, 0.05) is 18.0 Å². The molecule has 2 aliphatic rings. The van der Waals surface area contributed by atoms with Gasteiger partial charge < -0.3 is 10.0 Å². The van der Waals surface area contributed by atoms with Crippen molar-refractivity contribution < 1.29 is 27.9 Å². The van der Waals surface area contributed by atoms with Gasteiger partial charge in [-0.2, -0.15) is 13.2 Å². The molecule has 1 amide bonds. The van der Waals surface area contributed by atoms with Gasteiger partial charge in [-0.25, -0.2) is 0 Å². The second-order valence-corrected chi connectivity index (χ2v) is 7.62. The minimum atomic E-state index is -4.87. The van der Waals surface area contributed by atoms with Crippen molar-refractivity contribution in [1.82, 2.24) is 4.90 Å². The molecule has 1 aromatic rings. The molecule has 1 aromatic heterocycles. The highest BCUT2D eigenvalue weighted by Crippen LogP contribution is 2.46. The van der Waals surface area contributed by atoms with Gasteiger partial charge in [0.05, 0.1) is 4.88 Å². The molecule has 24 heavy (non-hydrogen) atoms. The Morgan fingerprint density at radius 3 is 2.54 bits per heavy atom. The number of nitrogens with zero attached hydrogens (tertiary/aromatic N) is 1. The third kappa shape index (κ3) is 2.81. The third-order valence-corrected chi connectivity index (χ3v) is 6.19. The van der Waals surface area contributed by atoms with Crippen molar-refractivity contribution in [1.29, 1.82) is 0 Å². The number of alkyl halides is 3. The van der Waals surface area contributed by atoms with E-state index in [9.17, 15) is 22.8 Å². The zero-order chi connectivity index (χ0) is 17.5. The number of carboxylic acid groups (broad SMARTS) is 1. The molecule has 8 heteroatoms. The number of carboxylic acids is 1. The Morgan fingerprint density at radius 1 is 1.21 bits per heavy atom. The van der Waals surface area contributed by atoms with Gasteiger partial charge in [-0.3, -0.25) is 9.59 Å². The Balaban J connectivity index is 1.81. The van der Waals surface area contributed by atoms with E-state index in [4.69, 9.17) is 5.11 Å². The Morgan fingerprint density at radius 2 is 1.92 bits per heavy atom. The average molecular weight is 361 g/mol. The first-order chi connectivity index (χ1) is 11.2. The standard InChI is InChI=1S/C16H18F3NO3S/c17-16(18,19)15(14(22)23)6-7-20(9-15)13(21)12-8-10-4-2-1-3-5-11(10)24-12/h8H,1-7,9H2,(H,22,23). The fourth-order valence-corrected chi connectivity index (χ4v) is 4.66. The van der Waals surface area contributed by atoms with Gasteiger partial charge >= 0.3 is 12.1 Å². The van der Waals surface area contributed by atoms with Crippen molar-refractivity contribution in [2.75, 3.05) is 13.1 Å². The first kappa shape index (κ1) is 17.3. The summed E-state index contributed by atoms with van der Waals surface area (Å²) in [5.74, 6) is -2.40. The Hall–Kier alpha value is -1.57. The van der Waals surface area contributed by atoms with Crippen LogP contribution in [0.15, 0.2) is 6.07 Å². The Kier molecular flexibility index (Phi) is 4.36. The molecular formula is C16H18F3NO3S. The number of hydrogen-bond donors (Lipinski definition) is 1. The second kappa shape index (κ2) is 6.06. The highest BCUT2D eigenvalue weighted by Gasteiger charge is 2.64. The van der Waals surface area contributed by atoms with Crippen LogP contribution in [0, 0.1) is 5.41 Å². The lowest BCUT2D eigenvalue weighted by Crippen LogP contribution is -2.47. The number of aryl methyl sites for hydroxylation is 2. The number of rotatable bonds is 2. The summed E-state index contributed by atoms with van der Waals surface area (Å²) < 4.78 is 39.7. The maximum absolute atomic E-state index is 13.2. The van der Waals surface area contributed by atoms with Gasteiger partial charge in [0.1, 0.15) is 0 Å². The highest BCUT2D eigenvalue weighted by molar-refractivity contribution is 7.14. The lowest BCUT2D eigenvalue weighted by molar-refractivity contribution is -0.227. The number of carbonyl (C=O) groups is 2. The summed E-state index contributed by atoms with van der Waals surface area (Å²) >= 11 is 1.34. The molecule has 132 valence electrons. The van der Waals surface area contributed by atoms with Gasteiger partial charge in [-0.05, 0) is 43.7 Å². The lowest BCUT2D eigenvalue weighted by atomic mass is 9.86. The fraction of sp³-hybridized carbons (Fsp3) is 0.625. The summed E-state index contributed by atoms with van der Waals surface area (Å²) in [6, 6.07) is 1.78. The molecule has 1 aliphatic heterocycles. The smallest absolute Gasteiger partial charge is 0.406 e. The molecule has 0 bridgehead atoms. The summed E-state index contributed by atoms with van der Waals surface area (Å²) in [6.45, 7) is -1.000. The van der Waals surface area contributed by atoms with Crippen molar-refractivity contribution in [3.8, 4) is 0 Å². The molecule has 0 spiro atoms. The highest BCUT2D eigenvalue weighted by atomic mass is 32.1. The van der Waals surface area contributed by atoms with Crippen LogP contribution in [-0.2, 0) is 17.6 Å². The molecule has 3 rings (SSSR count). The molecule has 4 nitrogen and oxygen atoms in total. The van der Waals surface area contributed by atoms with Crippen LogP contribution in [0.4, 0.5) is 13.2 Å². The van der Waals surface area contributed by atoms with Gasteiger partial charge in [0.15, 0.2) is 5.41 Å². The van der Waals surface area contributed by atoms with E-state index < -0.39 is 36.4 Å². The normalized spacial score (nSPS) is 24.5. The van der Waals surface area contributed by atoms with Crippen LogP contribution in [0.5, 0.6) is 0 Å². The van der Waals surface area contributed by atoms with E-state index >= 15 is 0 Å². The van der Waals surface area contributed by atoms with Crippen LogP contribution in [0.25, 0.3) is 0 Å². The monoisotopic (exact) mass is 361 g/mol. The van der Waals surface area contributed by atoms with E-state index in [1.807, 2.05) is 0 Å². The van der Waals surface area contributed by atoms with Crippen LogP contribution in [0.3, 0.4) is 0 Å². The summed E-state index contributed by atoms with van der Waals surface area (Å²) in [5, 5.41) is 9.08. The van der Waals surface area contributed by atoms with Crippen molar-refractivity contribution in [2.45, 2.75) is 44.7 Å². The molecule has 1 aliphatic carbocycles. The van der Waals surface area contributed by atoms with E-state index in [1.165, 1.54) is 11.3 Å². The number of fused-ring (bicyclic) bond motifs is 1. The summed E-state index contributed by atoms with van der Waals surface area (Å²) in [5.41, 5.74) is -1.74. The quantitative estimate of drug-likeness (QED) is 0.821. The number of hydrogen-bond acceptors (Lipinski definition) is 3. The Bertz CT molecular complexity index is 647. The molecule has 0 radical (unpaired) electrons. The molecule has 1 unspecified atom stereocenters. The number of halogens is 3.